The Hall–Kier alpha value is -2.94. The summed E-state index contributed by atoms with van der Waals surface area (Å²) in [6.07, 6.45) is 0. The number of carbonyl (C=O) groups is 1. The van der Waals surface area contributed by atoms with Crippen LogP contribution in [-0.2, 0) is 21.4 Å². The monoisotopic (exact) mass is 391 g/mol. The quantitative estimate of drug-likeness (QED) is 0.672. The molecule has 7 nitrogen and oxygen atoms in total. The van der Waals surface area contributed by atoms with Crippen LogP contribution >= 0.6 is 0 Å². The number of aliphatic carboxylic acids is 1. The minimum Gasteiger partial charge on any atom is -0.480 e. The maximum Gasteiger partial charge on any atom is 0.323 e. The number of sulfonamides is 1. The number of anilines is 1. The highest BCUT2D eigenvalue weighted by Gasteiger charge is 2.18. The van der Waals surface area contributed by atoms with Gasteiger partial charge in [-0.15, -0.1) is 0 Å². The molecule has 3 rings (SSSR count). The predicted octanol–water partition coefficient (Wildman–Crippen LogP) is 3.18. The van der Waals surface area contributed by atoms with E-state index in [1.165, 1.54) is 18.2 Å². The molecule has 0 spiro atoms. The maximum atomic E-state index is 13.0. The van der Waals surface area contributed by atoms with Gasteiger partial charge < -0.3 is 9.67 Å². The van der Waals surface area contributed by atoms with Crippen LogP contribution in [0.4, 0.5) is 10.1 Å². The Kier molecular flexibility index (Phi) is 4.88. The van der Waals surface area contributed by atoms with Crippen molar-refractivity contribution < 1.29 is 22.7 Å². The van der Waals surface area contributed by atoms with Gasteiger partial charge in [-0.2, -0.15) is 0 Å². The maximum absolute atomic E-state index is 13.0. The van der Waals surface area contributed by atoms with E-state index in [1.807, 2.05) is 13.8 Å². The van der Waals surface area contributed by atoms with Crippen molar-refractivity contribution in [3.63, 3.8) is 0 Å². The van der Waals surface area contributed by atoms with Crippen LogP contribution in [0.5, 0.6) is 0 Å². The van der Waals surface area contributed by atoms with Crippen LogP contribution in [0.3, 0.4) is 0 Å². The van der Waals surface area contributed by atoms with E-state index in [4.69, 9.17) is 5.11 Å². The van der Waals surface area contributed by atoms with E-state index < -0.39 is 21.8 Å². The molecule has 1 heterocycles. The van der Waals surface area contributed by atoms with Crippen molar-refractivity contribution in [2.45, 2.75) is 31.2 Å². The molecule has 9 heteroatoms. The number of rotatable bonds is 6. The van der Waals surface area contributed by atoms with Crippen LogP contribution in [0.15, 0.2) is 47.4 Å². The second kappa shape index (κ2) is 6.99. The average Bonchev–Trinajstić information content (AvgIpc) is 2.92. The lowest BCUT2D eigenvalue weighted by Gasteiger charge is -2.09. The van der Waals surface area contributed by atoms with Gasteiger partial charge in [-0.25, -0.2) is 17.8 Å². The molecule has 0 fully saturated rings. The fourth-order valence-corrected chi connectivity index (χ4v) is 3.83. The number of nitrogens with one attached hydrogen (secondary N) is 1. The zero-order valence-corrected chi connectivity index (χ0v) is 15.5. The summed E-state index contributed by atoms with van der Waals surface area (Å²) in [6.45, 7) is 3.57. The topological polar surface area (TPSA) is 101 Å². The number of halogens is 1. The number of benzene rings is 2. The highest BCUT2D eigenvalue weighted by Crippen LogP contribution is 2.26. The summed E-state index contributed by atoms with van der Waals surface area (Å²) in [7, 11) is -3.88. The molecule has 0 bridgehead atoms. The molecule has 0 aliphatic carbocycles. The van der Waals surface area contributed by atoms with Gasteiger partial charge in [0.1, 0.15) is 18.2 Å². The van der Waals surface area contributed by atoms with Gasteiger partial charge in [0.05, 0.1) is 21.6 Å². The third-order valence-corrected chi connectivity index (χ3v) is 5.36. The summed E-state index contributed by atoms with van der Waals surface area (Å²) in [5.74, 6) is -0.917. The minimum absolute atomic E-state index is 0.00360. The lowest BCUT2D eigenvalue weighted by Crippen LogP contribution is -2.13. The number of carboxylic acids is 1. The summed E-state index contributed by atoms with van der Waals surface area (Å²) < 4.78 is 41.9. The highest BCUT2D eigenvalue weighted by atomic mass is 32.2. The first-order valence-electron chi connectivity index (χ1n) is 8.18. The van der Waals surface area contributed by atoms with E-state index in [1.54, 1.807) is 16.7 Å². The Bertz CT molecular complexity index is 1110. The summed E-state index contributed by atoms with van der Waals surface area (Å²) in [4.78, 5) is 15.5. The highest BCUT2D eigenvalue weighted by molar-refractivity contribution is 7.92. The molecule has 1 aromatic heterocycles. The molecule has 0 aliphatic heterocycles. The number of nitrogens with zero attached hydrogens (tertiary/aromatic N) is 2. The first-order chi connectivity index (χ1) is 12.7. The largest absolute Gasteiger partial charge is 0.480 e. The van der Waals surface area contributed by atoms with Gasteiger partial charge in [0.15, 0.2) is 0 Å². The van der Waals surface area contributed by atoms with E-state index in [0.29, 0.717) is 16.9 Å². The number of hydrogen-bond donors (Lipinski definition) is 2. The minimum atomic E-state index is -3.88. The third kappa shape index (κ3) is 3.92. The van der Waals surface area contributed by atoms with Gasteiger partial charge in [0.2, 0.25) is 0 Å². The number of hydrogen-bond acceptors (Lipinski definition) is 4. The fraction of sp³-hybridized carbons (Fsp3) is 0.222. The first-order valence-corrected chi connectivity index (χ1v) is 9.66. The van der Waals surface area contributed by atoms with Gasteiger partial charge in [-0.1, -0.05) is 13.8 Å². The molecule has 0 unspecified atom stereocenters. The van der Waals surface area contributed by atoms with Crippen molar-refractivity contribution in [3.8, 4) is 0 Å². The Morgan fingerprint density at radius 3 is 2.48 bits per heavy atom. The van der Waals surface area contributed by atoms with Crippen molar-refractivity contribution >= 4 is 32.7 Å². The molecule has 27 heavy (non-hydrogen) atoms. The van der Waals surface area contributed by atoms with Crippen molar-refractivity contribution in [1.29, 1.82) is 0 Å². The van der Waals surface area contributed by atoms with E-state index in [2.05, 4.69) is 9.71 Å². The van der Waals surface area contributed by atoms with Crippen molar-refractivity contribution in [3.05, 3.63) is 54.1 Å². The van der Waals surface area contributed by atoms with Crippen molar-refractivity contribution in [2.24, 2.45) is 0 Å². The smallest absolute Gasteiger partial charge is 0.323 e. The number of carboxylic acid groups (broad SMARTS) is 1. The van der Waals surface area contributed by atoms with E-state index in [9.17, 15) is 17.6 Å². The van der Waals surface area contributed by atoms with Crippen LogP contribution in [0, 0.1) is 5.82 Å². The van der Waals surface area contributed by atoms with Crippen LogP contribution in [0.25, 0.3) is 11.0 Å². The van der Waals surface area contributed by atoms with E-state index >= 15 is 0 Å². The van der Waals surface area contributed by atoms with Crippen molar-refractivity contribution in [1.82, 2.24) is 9.55 Å². The average molecular weight is 391 g/mol. The van der Waals surface area contributed by atoms with Gasteiger partial charge in [-0.3, -0.25) is 9.52 Å². The van der Waals surface area contributed by atoms with E-state index in [-0.39, 0.29) is 23.0 Å². The number of aromatic nitrogens is 2. The molecule has 142 valence electrons. The fourth-order valence-electron chi connectivity index (χ4n) is 2.78. The predicted molar refractivity (Wildman–Crippen MR) is 98.7 cm³/mol. The second-order valence-corrected chi connectivity index (χ2v) is 8.05. The van der Waals surface area contributed by atoms with Crippen LogP contribution < -0.4 is 4.72 Å². The number of imidazole rings is 1. The second-order valence-electron chi connectivity index (χ2n) is 6.37. The summed E-state index contributed by atoms with van der Waals surface area (Å²) in [5.41, 5.74) is 1.37. The summed E-state index contributed by atoms with van der Waals surface area (Å²) in [5, 5.41) is 9.14. The third-order valence-electron chi connectivity index (χ3n) is 3.96. The zero-order valence-electron chi connectivity index (χ0n) is 14.7. The Morgan fingerprint density at radius 2 is 1.89 bits per heavy atom. The lowest BCUT2D eigenvalue weighted by atomic mass is 10.2. The van der Waals surface area contributed by atoms with Gasteiger partial charge >= 0.3 is 5.97 Å². The summed E-state index contributed by atoms with van der Waals surface area (Å²) in [6, 6.07) is 9.19. The van der Waals surface area contributed by atoms with Crippen molar-refractivity contribution in [2.75, 3.05) is 4.72 Å². The van der Waals surface area contributed by atoms with E-state index in [0.717, 1.165) is 12.1 Å². The molecule has 0 saturated heterocycles. The number of fused-ring (bicyclic) bond motifs is 1. The molecule has 3 aromatic rings. The normalized spacial score (nSPS) is 11.9. The Labute approximate surface area is 155 Å². The molecule has 0 atom stereocenters. The molecular weight excluding hydrogens is 373 g/mol. The van der Waals surface area contributed by atoms with Crippen LogP contribution in [0.1, 0.15) is 25.6 Å². The molecule has 0 radical (unpaired) electrons. The SMILES string of the molecule is CC(C)c1nc2cc(NS(=O)(=O)c3ccc(F)cc3)ccc2n1CC(=O)O. The van der Waals surface area contributed by atoms with Crippen LogP contribution in [-0.4, -0.2) is 29.0 Å². The zero-order chi connectivity index (χ0) is 19.8. The molecule has 0 aliphatic rings. The Morgan fingerprint density at radius 1 is 1.22 bits per heavy atom. The standard InChI is InChI=1S/C18H18FN3O4S/c1-11(2)18-20-15-9-13(5-8-16(15)22(18)10-17(23)24)21-27(25,26)14-6-3-12(19)4-7-14/h3-9,11,21H,10H2,1-2H3,(H,23,24). The van der Waals surface area contributed by atoms with Gasteiger partial charge in [-0.05, 0) is 42.5 Å². The Balaban J connectivity index is 1.99. The molecule has 0 saturated carbocycles. The molecular formula is C18H18FN3O4S. The first kappa shape index (κ1) is 18.8. The van der Waals surface area contributed by atoms with Crippen LogP contribution in [0.2, 0.25) is 0 Å². The molecule has 2 aromatic carbocycles. The lowest BCUT2D eigenvalue weighted by molar-refractivity contribution is -0.137. The summed E-state index contributed by atoms with van der Waals surface area (Å²) >= 11 is 0. The molecule has 2 N–H and O–H groups in total. The van der Waals surface area contributed by atoms with Gasteiger partial charge in [0, 0.05) is 5.92 Å². The molecule has 0 amide bonds. The van der Waals surface area contributed by atoms with Gasteiger partial charge in [0.25, 0.3) is 10.0 Å².